The van der Waals surface area contributed by atoms with E-state index in [2.05, 4.69) is 12.2 Å². The lowest BCUT2D eigenvalue weighted by Crippen LogP contribution is -2.16. The number of carbonyl (C=O) groups is 1. The topological polar surface area (TPSA) is 149 Å². The molecule has 0 aliphatic rings. The Morgan fingerprint density at radius 2 is 0.708 bits per heavy atom. The van der Waals surface area contributed by atoms with Crippen LogP contribution < -0.4 is 5.32 Å². The van der Waals surface area contributed by atoms with Crippen molar-refractivity contribution in [2.45, 2.75) is 103 Å². The standard InChI is InChI=1S/C54H90F3NO14/c1-2-3-4-5-6-7-8-9-10-11-12-13-14-17-23-60-24-25-61-26-27-62-28-29-63-30-31-64-32-33-65-34-35-66-36-37-67-38-39-68-40-41-69-42-43-70-44-45-71-46-47-72-53(59)51-21-15-16-22-52(51)58-50-20-18-19-49(48-50)54(55,56)57/h15-16,18-22,48,58H,2-14,17,23-47H2,1H3. The zero-order valence-electron chi connectivity index (χ0n) is 43.5. The average molecular weight is 1030 g/mol. The van der Waals surface area contributed by atoms with Gasteiger partial charge in [0, 0.05) is 12.3 Å². The summed E-state index contributed by atoms with van der Waals surface area (Å²) in [6, 6.07) is 11.2. The highest BCUT2D eigenvalue weighted by atomic mass is 19.4. The molecule has 0 unspecified atom stereocenters. The van der Waals surface area contributed by atoms with Crippen LogP contribution in [0.25, 0.3) is 0 Å². The van der Waals surface area contributed by atoms with Crippen LogP contribution in [0.1, 0.15) is 113 Å². The maximum atomic E-state index is 13.1. The molecule has 0 aromatic heterocycles. The van der Waals surface area contributed by atoms with Crippen molar-refractivity contribution in [1.29, 1.82) is 0 Å². The Bertz CT molecular complexity index is 1500. The Balaban J connectivity index is 1.18. The summed E-state index contributed by atoms with van der Waals surface area (Å²) in [6.45, 7) is 13.6. The van der Waals surface area contributed by atoms with Crippen LogP contribution in [0.3, 0.4) is 0 Å². The molecule has 0 atom stereocenters. The first-order chi connectivity index (χ1) is 35.4. The fourth-order valence-corrected chi connectivity index (χ4v) is 6.89. The largest absolute Gasteiger partial charge is 0.460 e. The third-order valence-electron chi connectivity index (χ3n) is 10.8. The molecule has 416 valence electrons. The Hall–Kier alpha value is -2.98. The number of alkyl halides is 3. The Labute approximate surface area is 429 Å². The molecule has 18 heteroatoms. The molecule has 0 spiro atoms. The Morgan fingerprint density at radius 3 is 1.07 bits per heavy atom. The molecule has 0 fully saturated rings. The smallest absolute Gasteiger partial charge is 0.416 e. The van der Waals surface area contributed by atoms with Gasteiger partial charge in [-0.05, 0) is 36.8 Å². The highest BCUT2D eigenvalue weighted by Gasteiger charge is 2.30. The molecule has 0 aliphatic carbocycles. The minimum Gasteiger partial charge on any atom is -0.460 e. The second-order valence-electron chi connectivity index (χ2n) is 16.8. The van der Waals surface area contributed by atoms with E-state index in [9.17, 15) is 18.0 Å². The van der Waals surface area contributed by atoms with Crippen molar-refractivity contribution in [1.82, 2.24) is 0 Å². The van der Waals surface area contributed by atoms with Crippen LogP contribution in [0.2, 0.25) is 0 Å². The highest BCUT2D eigenvalue weighted by molar-refractivity contribution is 5.96. The molecule has 15 nitrogen and oxygen atoms in total. The van der Waals surface area contributed by atoms with Gasteiger partial charge in [0.15, 0.2) is 0 Å². The van der Waals surface area contributed by atoms with Crippen molar-refractivity contribution in [2.24, 2.45) is 0 Å². The second-order valence-corrected chi connectivity index (χ2v) is 16.8. The summed E-state index contributed by atoms with van der Waals surface area (Å²) in [5.74, 6) is -0.629. The predicted octanol–water partition coefficient (Wildman–Crippen LogP) is 10.3. The molecule has 0 aliphatic heterocycles. The van der Waals surface area contributed by atoms with Crippen LogP contribution in [0.4, 0.5) is 24.5 Å². The number of anilines is 2. The van der Waals surface area contributed by atoms with E-state index in [-0.39, 0.29) is 24.5 Å². The minimum absolute atomic E-state index is 0.00398. The van der Waals surface area contributed by atoms with Crippen LogP contribution in [-0.2, 0) is 67.8 Å². The molecule has 0 amide bonds. The second kappa shape index (κ2) is 48.9. The van der Waals surface area contributed by atoms with Gasteiger partial charge in [0.1, 0.15) is 6.61 Å². The minimum atomic E-state index is -4.48. The van der Waals surface area contributed by atoms with Crippen molar-refractivity contribution >= 4 is 17.3 Å². The molecule has 0 saturated carbocycles. The van der Waals surface area contributed by atoms with Gasteiger partial charge in [0.25, 0.3) is 0 Å². The lowest BCUT2D eigenvalue weighted by atomic mass is 10.0. The van der Waals surface area contributed by atoms with Crippen LogP contribution in [0.5, 0.6) is 0 Å². The van der Waals surface area contributed by atoms with Crippen molar-refractivity contribution in [3.05, 3.63) is 59.7 Å². The van der Waals surface area contributed by atoms with E-state index < -0.39 is 17.7 Å². The van der Waals surface area contributed by atoms with E-state index in [0.29, 0.717) is 151 Å². The van der Waals surface area contributed by atoms with E-state index in [4.69, 9.17) is 61.6 Å². The van der Waals surface area contributed by atoms with E-state index >= 15 is 0 Å². The summed E-state index contributed by atoms with van der Waals surface area (Å²) in [5.41, 5.74) is -0.0923. The van der Waals surface area contributed by atoms with Gasteiger partial charge in [-0.15, -0.1) is 0 Å². The molecule has 0 saturated heterocycles. The number of unbranched alkanes of at least 4 members (excludes halogenated alkanes) is 13. The summed E-state index contributed by atoms with van der Waals surface area (Å²) in [6.07, 6.45) is 14.6. The zero-order chi connectivity index (χ0) is 51.5. The maximum Gasteiger partial charge on any atom is 0.416 e. The normalized spacial score (nSPS) is 11.7. The van der Waals surface area contributed by atoms with E-state index in [1.165, 1.54) is 102 Å². The lowest BCUT2D eigenvalue weighted by Gasteiger charge is -2.13. The van der Waals surface area contributed by atoms with E-state index in [1.54, 1.807) is 18.2 Å². The number of carbonyl (C=O) groups excluding carboxylic acids is 1. The van der Waals surface area contributed by atoms with Gasteiger partial charge >= 0.3 is 12.1 Å². The van der Waals surface area contributed by atoms with Gasteiger partial charge < -0.3 is 66.9 Å². The third-order valence-corrected chi connectivity index (χ3v) is 10.8. The fraction of sp³-hybridized carbons (Fsp3) is 0.759. The summed E-state index contributed by atoms with van der Waals surface area (Å²) in [4.78, 5) is 12.6. The number of nitrogens with one attached hydrogen (secondary N) is 1. The van der Waals surface area contributed by atoms with E-state index in [1.807, 2.05) is 0 Å². The van der Waals surface area contributed by atoms with Crippen molar-refractivity contribution in [2.75, 3.05) is 170 Å². The monoisotopic (exact) mass is 1030 g/mol. The van der Waals surface area contributed by atoms with Gasteiger partial charge in [0.05, 0.1) is 169 Å². The number of benzene rings is 2. The summed E-state index contributed by atoms with van der Waals surface area (Å²) < 4.78 is 111. The molecular weight excluding hydrogens is 944 g/mol. The van der Waals surface area contributed by atoms with Gasteiger partial charge in [-0.1, -0.05) is 109 Å². The molecule has 2 rings (SSSR count). The molecule has 2 aromatic carbocycles. The predicted molar refractivity (Wildman–Crippen MR) is 272 cm³/mol. The third kappa shape index (κ3) is 40.4. The summed E-state index contributed by atoms with van der Waals surface area (Å²) >= 11 is 0. The first kappa shape index (κ1) is 65.1. The quantitative estimate of drug-likeness (QED) is 0.0494. The number of para-hydroxylation sites is 1. The molecule has 2 aromatic rings. The van der Waals surface area contributed by atoms with Crippen LogP contribution in [-0.4, -0.2) is 171 Å². The van der Waals surface area contributed by atoms with Crippen LogP contribution in [0, 0.1) is 0 Å². The Morgan fingerprint density at radius 1 is 0.389 bits per heavy atom. The molecule has 0 heterocycles. The fourth-order valence-electron chi connectivity index (χ4n) is 6.89. The van der Waals surface area contributed by atoms with Crippen LogP contribution >= 0.6 is 0 Å². The maximum absolute atomic E-state index is 13.1. The highest BCUT2D eigenvalue weighted by Crippen LogP contribution is 2.32. The number of hydrogen-bond acceptors (Lipinski definition) is 15. The summed E-state index contributed by atoms with van der Waals surface area (Å²) in [5, 5.41) is 2.86. The molecule has 0 radical (unpaired) electrons. The van der Waals surface area contributed by atoms with Crippen molar-refractivity contribution in [3.8, 4) is 0 Å². The number of esters is 1. The molecule has 0 bridgehead atoms. The van der Waals surface area contributed by atoms with Crippen molar-refractivity contribution < 1.29 is 79.5 Å². The lowest BCUT2D eigenvalue weighted by molar-refractivity contribution is -0.137. The number of hydrogen-bond donors (Lipinski definition) is 1. The van der Waals surface area contributed by atoms with Gasteiger partial charge in [-0.3, -0.25) is 0 Å². The Kier molecular flexibility index (Phi) is 44.3. The van der Waals surface area contributed by atoms with E-state index in [0.717, 1.165) is 25.2 Å². The van der Waals surface area contributed by atoms with Gasteiger partial charge in [-0.2, -0.15) is 13.2 Å². The first-order valence-corrected chi connectivity index (χ1v) is 26.5. The van der Waals surface area contributed by atoms with Crippen molar-refractivity contribution in [3.63, 3.8) is 0 Å². The number of rotatable bonds is 54. The molecule has 72 heavy (non-hydrogen) atoms. The molecular formula is C54H90F3NO14. The first-order valence-electron chi connectivity index (χ1n) is 26.5. The van der Waals surface area contributed by atoms with Gasteiger partial charge in [-0.25, -0.2) is 4.79 Å². The number of halogens is 3. The van der Waals surface area contributed by atoms with Gasteiger partial charge in [0.2, 0.25) is 0 Å². The summed E-state index contributed by atoms with van der Waals surface area (Å²) in [7, 11) is 0. The van der Waals surface area contributed by atoms with Crippen LogP contribution in [0.15, 0.2) is 48.5 Å². The average Bonchev–Trinajstić information content (AvgIpc) is 3.38. The molecule has 1 N–H and O–H groups in total. The SMILES string of the molecule is CCCCCCCCCCCCCCCCOCCOCCOCCOCCOCCOCCOCCOCCOCCOCCOCCOCCOC(=O)c1ccccc1Nc1cccc(C(F)(F)F)c1. The number of ether oxygens (including phenoxy) is 13. The zero-order valence-corrected chi connectivity index (χ0v) is 43.5.